The predicted octanol–water partition coefficient (Wildman–Crippen LogP) is 5.84. The quantitative estimate of drug-likeness (QED) is 0.230. The molecule has 0 radical (unpaired) electrons. The van der Waals surface area contributed by atoms with E-state index in [1.807, 2.05) is 20.8 Å². The average Bonchev–Trinajstić information content (AvgIpc) is 3.65. The maximum Gasteiger partial charge on any atom is 0.260 e. The zero-order chi connectivity index (χ0) is 30.4. The SMILES string of the molecule is CCC(N)CCN(C(=O)c1cc(C(=O)NC(CC)CC)ccc1-c1cc(C(=O)NC2CC2)cc(F)c1C)c1nccs1. The van der Waals surface area contributed by atoms with Gasteiger partial charge in [-0.05, 0) is 86.4 Å². The van der Waals surface area contributed by atoms with Crippen LogP contribution in [0.5, 0.6) is 0 Å². The molecule has 4 rings (SSSR count). The minimum atomic E-state index is -0.548. The number of rotatable bonds is 13. The van der Waals surface area contributed by atoms with Crippen molar-refractivity contribution in [2.45, 2.75) is 84.3 Å². The fraction of sp³-hybridized carbons (Fsp3) is 0.438. The fourth-order valence-electron chi connectivity index (χ4n) is 4.72. The first kappa shape index (κ1) is 31.3. The van der Waals surface area contributed by atoms with Crippen LogP contribution in [-0.2, 0) is 0 Å². The number of hydrogen-bond acceptors (Lipinski definition) is 6. The Balaban J connectivity index is 1.83. The summed E-state index contributed by atoms with van der Waals surface area (Å²) >= 11 is 1.32. The first-order valence-corrected chi connectivity index (χ1v) is 15.6. The maximum atomic E-state index is 15.3. The monoisotopic (exact) mass is 593 g/mol. The van der Waals surface area contributed by atoms with E-state index in [1.54, 1.807) is 47.7 Å². The minimum absolute atomic E-state index is 0.00308. The molecule has 224 valence electrons. The van der Waals surface area contributed by atoms with Gasteiger partial charge in [-0.25, -0.2) is 9.37 Å². The van der Waals surface area contributed by atoms with E-state index >= 15 is 4.39 Å². The summed E-state index contributed by atoms with van der Waals surface area (Å²) in [5.41, 5.74) is 8.06. The van der Waals surface area contributed by atoms with E-state index in [-0.39, 0.29) is 47.0 Å². The first-order valence-electron chi connectivity index (χ1n) is 14.7. The topological polar surface area (TPSA) is 117 Å². The number of carbonyl (C=O) groups excluding carboxylic acids is 3. The number of halogens is 1. The highest BCUT2D eigenvalue weighted by Crippen LogP contribution is 2.33. The molecule has 1 aliphatic carbocycles. The number of nitrogens with one attached hydrogen (secondary N) is 2. The van der Waals surface area contributed by atoms with Gasteiger partial charge in [-0.3, -0.25) is 19.3 Å². The van der Waals surface area contributed by atoms with Gasteiger partial charge >= 0.3 is 0 Å². The van der Waals surface area contributed by atoms with Gasteiger partial charge in [-0.2, -0.15) is 0 Å². The van der Waals surface area contributed by atoms with Crippen LogP contribution in [0.3, 0.4) is 0 Å². The number of hydrogen-bond donors (Lipinski definition) is 3. The Labute approximate surface area is 250 Å². The lowest BCUT2D eigenvalue weighted by Gasteiger charge is -2.24. The van der Waals surface area contributed by atoms with Crippen LogP contribution < -0.4 is 21.3 Å². The second-order valence-corrected chi connectivity index (χ2v) is 11.7. The molecule has 4 N–H and O–H groups in total. The number of thiazole rings is 1. The number of benzene rings is 2. The van der Waals surface area contributed by atoms with Crippen LogP contribution in [0.25, 0.3) is 11.1 Å². The lowest BCUT2D eigenvalue weighted by Crippen LogP contribution is -2.36. The largest absolute Gasteiger partial charge is 0.349 e. The number of nitrogens with two attached hydrogens (primary N) is 1. The second-order valence-electron chi connectivity index (χ2n) is 10.9. The van der Waals surface area contributed by atoms with E-state index < -0.39 is 5.82 Å². The van der Waals surface area contributed by atoms with Crippen LogP contribution in [0.2, 0.25) is 0 Å². The molecule has 3 amide bonds. The zero-order valence-electron chi connectivity index (χ0n) is 24.7. The van der Waals surface area contributed by atoms with E-state index in [4.69, 9.17) is 5.73 Å². The second kappa shape index (κ2) is 14.0. The Morgan fingerprint density at radius 1 is 1.05 bits per heavy atom. The van der Waals surface area contributed by atoms with Crippen LogP contribution in [-0.4, -0.2) is 47.4 Å². The van der Waals surface area contributed by atoms with Crippen molar-refractivity contribution in [2.24, 2.45) is 5.73 Å². The van der Waals surface area contributed by atoms with Crippen molar-refractivity contribution in [3.05, 3.63) is 70.0 Å². The normalized spacial score (nSPS) is 13.6. The van der Waals surface area contributed by atoms with Gasteiger partial charge in [0.05, 0.1) is 0 Å². The molecule has 1 fully saturated rings. The fourth-order valence-corrected chi connectivity index (χ4v) is 5.39. The van der Waals surface area contributed by atoms with Crippen LogP contribution in [0.4, 0.5) is 9.52 Å². The summed E-state index contributed by atoms with van der Waals surface area (Å²) in [6, 6.07) is 7.71. The van der Waals surface area contributed by atoms with Gasteiger partial charge in [-0.1, -0.05) is 26.8 Å². The molecule has 2 aromatic carbocycles. The molecule has 42 heavy (non-hydrogen) atoms. The number of amides is 3. The van der Waals surface area contributed by atoms with Crippen molar-refractivity contribution >= 4 is 34.2 Å². The van der Waals surface area contributed by atoms with Gasteiger partial charge < -0.3 is 16.4 Å². The van der Waals surface area contributed by atoms with E-state index in [2.05, 4.69) is 15.6 Å². The van der Waals surface area contributed by atoms with Crippen LogP contribution in [0, 0.1) is 12.7 Å². The van der Waals surface area contributed by atoms with Crippen LogP contribution in [0.15, 0.2) is 41.9 Å². The summed E-state index contributed by atoms with van der Waals surface area (Å²) in [6.07, 6.45) is 6.29. The summed E-state index contributed by atoms with van der Waals surface area (Å²) in [5.74, 6) is -1.58. The lowest BCUT2D eigenvalue weighted by atomic mass is 9.91. The highest BCUT2D eigenvalue weighted by atomic mass is 32.1. The predicted molar refractivity (Wildman–Crippen MR) is 166 cm³/mol. The van der Waals surface area contributed by atoms with Crippen molar-refractivity contribution in [1.82, 2.24) is 15.6 Å². The van der Waals surface area contributed by atoms with Gasteiger partial charge in [0, 0.05) is 52.9 Å². The van der Waals surface area contributed by atoms with Gasteiger partial charge in [0.1, 0.15) is 5.82 Å². The Hall–Kier alpha value is -3.63. The third kappa shape index (κ3) is 7.41. The average molecular weight is 594 g/mol. The smallest absolute Gasteiger partial charge is 0.260 e. The Bertz CT molecular complexity index is 1420. The van der Waals surface area contributed by atoms with Crippen molar-refractivity contribution in [3.8, 4) is 11.1 Å². The summed E-state index contributed by atoms with van der Waals surface area (Å²) < 4.78 is 15.3. The highest BCUT2D eigenvalue weighted by Gasteiger charge is 2.28. The molecule has 1 heterocycles. The van der Waals surface area contributed by atoms with Gasteiger partial charge in [0.25, 0.3) is 17.7 Å². The Morgan fingerprint density at radius 3 is 2.40 bits per heavy atom. The molecule has 1 atom stereocenters. The third-order valence-electron chi connectivity index (χ3n) is 7.79. The lowest BCUT2D eigenvalue weighted by molar-refractivity contribution is 0.0931. The Morgan fingerprint density at radius 2 is 1.79 bits per heavy atom. The molecule has 8 nitrogen and oxygen atoms in total. The van der Waals surface area contributed by atoms with E-state index in [0.29, 0.717) is 40.4 Å². The number of carbonyl (C=O) groups is 3. The van der Waals surface area contributed by atoms with Crippen molar-refractivity contribution < 1.29 is 18.8 Å². The molecule has 0 aliphatic heterocycles. The number of anilines is 1. The molecule has 1 aliphatic rings. The molecule has 3 aromatic rings. The maximum absolute atomic E-state index is 15.3. The van der Waals surface area contributed by atoms with Crippen molar-refractivity contribution in [3.63, 3.8) is 0 Å². The molecule has 1 unspecified atom stereocenters. The van der Waals surface area contributed by atoms with Crippen molar-refractivity contribution in [2.75, 3.05) is 11.4 Å². The summed E-state index contributed by atoms with van der Waals surface area (Å²) in [4.78, 5) is 46.4. The molecule has 0 bridgehead atoms. The molecule has 1 aromatic heterocycles. The van der Waals surface area contributed by atoms with Gasteiger partial charge in [0.15, 0.2) is 5.13 Å². The van der Waals surface area contributed by atoms with Crippen molar-refractivity contribution in [1.29, 1.82) is 0 Å². The van der Waals surface area contributed by atoms with E-state index in [0.717, 1.165) is 32.1 Å². The Kier molecular flexibility index (Phi) is 10.5. The van der Waals surface area contributed by atoms with E-state index in [1.165, 1.54) is 17.4 Å². The zero-order valence-corrected chi connectivity index (χ0v) is 25.5. The third-order valence-corrected chi connectivity index (χ3v) is 8.58. The summed E-state index contributed by atoms with van der Waals surface area (Å²) in [5, 5.41) is 8.22. The molecule has 0 saturated heterocycles. The summed E-state index contributed by atoms with van der Waals surface area (Å²) in [7, 11) is 0. The highest BCUT2D eigenvalue weighted by molar-refractivity contribution is 7.13. The minimum Gasteiger partial charge on any atom is -0.349 e. The van der Waals surface area contributed by atoms with Crippen LogP contribution in [0.1, 0.15) is 95.9 Å². The van der Waals surface area contributed by atoms with E-state index in [9.17, 15) is 14.4 Å². The standard InChI is InChI=1S/C32H40FN5O3S/c1-5-22(34)12-14-38(32-35-13-15-42-32)31(41)27-16-20(29(39)36-23(6-2)7-3)8-11-25(27)26-17-21(18-28(33)19(26)4)30(40)37-24-9-10-24/h8,11,13,15-18,22-24H,5-7,9-10,12,14,34H2,1-4H3,(H,36,39)(H,37,40). The molecule has 1 saturated carbocycles. The molecule has 0 spiro atoms. The molecular weight excluding hydrogens is 553 g/mol. The van der Waals surface area contributed by atoms with Gasteiger partial charge in [0.2, 0.25) is 0 Å². The molecule has 10 heteroatoms. The summed E-state index contributed by atoms with van der Waals surface area (Å²) in [6.45, 7) is 7.94. The molecular formula is C32H40FN5O3S. The van der Waals surface area contributed by atoms with Gasteiger partial charge in [-0.15, -0.1) is 11.3 Å². The first-order chi connectivity index (χ1) is 20.2. The van der Waals surface area contributed by atoms with Crippen LogP contribution >= 0.6 is 11.3 Å². The number of nitrogens with zero attached hydrogens (tertiary/aromatic N) is 2. The number of aromatic nitrogens is 1.